The van der Waals surface area contributed by atoms with Crippen molar-refractivity contribution in [1.29, 1.82) is 0 Å². The Morgan fingerprint density at radius 3 is 2.68 bits per heavy atom. The van der Waals surface area contributed by atoms with E-state index >= 15 is 0 Å². The molecule has 5 rings (SSSR count). The highest BCUT2D eigenvalue weighted by Gasteiger charge is 2.41. The highest BCUT2D eigenvalue weighted by molar-refractivity contribution is 5.98. The number of nitrogens with one attached hydrogen (secondary N) is 1. The molecule has 1 unspecified atom stereocenters. The minimum Gasteiger partial charge on any atom is -0.497 e. The van der Waals surface area contributed by atoms with Crippen LogP contribution in [0.15, 0.2) is 48.5 Å². The second kappa shape index (κ2) is 9.66. The molecule has 2 aliphatic heterocycles. The van der Waals surface area contributed by atoms with Crippen molar-refractivity contribution in [2.24, 2.45) is 5.92 Å². The number of aromatic nitrogens is 1. The number of hydrogen-bond donors (Lipinski definition) is 1. The maximum atomic E-state index is 13.1. The van der Waals surface area contributed by atoms with Crippen molar-refractivity contribution < 1.29 is 23.4 Å². The number of aromatic amines is 1. The lowest BCUT2D eigenvalue weighted by molar-refractivity contribution is -0.125. The van der Waals surface area contributed by atoms with Crippen LogP contribution >= 0.6 is 0 Å². The van der Waals surface area contributed by atoms with E-state index in [1.165, 1.54) is 12.1 Å². The SMILES string of the molecule is COc1ccc2cc(C(=O)N3CCC4(CC3)CC(CCOc3ccc(F)cc3)CCO4)[nH]c2c1. The van der Waals surface area contributed by atoms with Gasteiger partial charge in [-0.1, -0.05) is 0 Å². The Hall–Kier alpha value is -3.06. The third-order valence-corrected chi connectivity index (χ3v) is 7.23. The standard InChI is InChI=1S/C27H31FN2O4/c1-32-23-5-2-20-16-25(29-24(20)17-23)26(31)30-12-10-27(11-13-30)18-19(9-15-34-27)8-14-33-22-6-3-21(28)4-7-22/h2-7,16-17,19,29H,8-15,18H2,1H3. The van der Waals surface area contributed by atoms with Crippen molar-refractivity contribution in [1.82, 2.24) is 9.88 Å². The predicted molar refractivity (Wildman–Crippen MR) is 128 cm³/mol. The summed E-state index contributed by atoms with van der Waals surface area (Å²) in [7, 11) is 1.64. The van der Waals surface area contributed by atoms with Gasteiger partial charge in [-0.05, 0) is 80.5 Å². The minimum absolute atomic E-state index is 0.0325. The van der Waals surface area contributed by atoms with Crippen LogP contribution in [-0.2, 0) is 4.74 Å². The Balaban J connectivity index is 1.14. The molecule has 180 valence electrons. The molecule has 0 radical (unpaired) electrons. The van der Waals surface area contributed by atoms with Crippen LogP contribution < -0.4 is 9.47 Å². The number of hydrogen-bond acceptors (Lipinski definition) is 4. The molecule has 1 aromatic heterocycles. The fourth-order valence-electron chi connectivity index (χ4n) is 5.23. The Morgan fingerprint density at radius 2 is 1.91 bits per heavy atom. The molecule has 1 spiro atoms. The lowest BCUT2D eigenvalue weighted by atomic mass is 9.78. The third-order valence-electron chi connectivity index (χ3n) is 7.23. The van der Waals surface area contributed by atoms with Crippen LogP contribution in [0.1, 0.15) is 42.6 Å². The summed E-state index contributed by atoms with van der Waals surface area (Å²) < 4.78 is 30.4. The summed E-state index contributed by atoms with van der Waals surface area (Å²) in [6.45, 7) is 2.74. The maximum absolute atomic E-state index is 13.1. The molecule has 2 fully saturated rings. The molecule has 1 amide bonds. The Morgan fingerprint density at radius 1 is 1.15 bits per heavy atom. The van der Waals surface area contributed by atoms with Crippen LogP contribution in [-0.4, -0.2) is 54.8 Å². The first-order valence-electron chi connectivity index (χ1n) is 12.0. The molecule has 3 aromatic rings. The third kappa shape index (κ3) is 4.89. The fourth-order valence-corrected chi connectivity index (χ4v) is 5.23. The highest BCUT2D eigenvalue weighted by atomic mass is 19.1. The molecule has 3 heterocycles. The number of ether oxygens (including phenoxy) is 3. The van der Waals surface area contributed by atoms with Gasteiger partial charge in [-0.3, -0.25) is 4.79 Å². The second-order valence-corrected chi connectivity index (χ2v) is 9.41. The zero-order chi connectivity index (χ0) is 23.5. The van der Waals surface area contributed by atoms with Crippen molar-refractivity contribution >= 4 is 16.8 Å². The van der Waals surface area contributed by atoms with E-state index in [2.05, 4.69) is 4.98 Å². The van der Waals surface area contributed by atoms with E-state index in [1.54, 1.807) is 19.2 Å². The van der Waals surface area contributed by atoms with Crippen LogP contribution in [0, 0.1) is 11.7 Å². The number of carbonyl (C=O) groups excluding carboxylic acids is 1. The predicted octanol–water partition coefficient (Wildman–Crippen LogP) is 5.19. The van der Waals surface area contributed by atoms with E-state index in [9.17, 15) is 9.18 Å². The van der Waals surface area contributed by atoms with Crippen LogP contribution in [0.4, 0.5) is 4.39 Å². The molecule has 6 nitrogen and oxygen atoms in total. The Bertz CT molecular complexity index is 1140. The molecule has 2 saturated heterocycles. The van der Waals surface area contributed by atoms with Gasteiger partial charge in [0.1, 0.15) is 23.0 Å². The molecule has 7 heteroatoms. The van der Waals surface area contributed by atoms with Gasteiger partial charge in [-0.25, -0.2) is 4.39 Å². The molecule has 34 heavy (non-hydrogen) atoms. The highest BCUT2D eigenvalue weighted by Crippen LogP contribution is 2.39. The van der Waals surface area contributed by atoms with E-state index < -0.39 is 0 Å². The maximum Gasteiger partial charge on any atom is 0.270 e. The fraction of sp³-hybridized carbons (Fsp3) is 0.444. The zero-order valence-corrected chi connectivity index (χ0v) is 19.5. The van der Waals surface area contributed by atoms with E-state index in [1.807, 2.05) is 29.2 Å². The topological polar surface area (TPSA) is 63.8 Å². The summed E-state index contributed by atoms with van der Waals surface area (Å²) in [5, 5.41) is 0.999. The zero-order valence-electron chi connectivity index (χ0n) is 19.5. The summed E-state index contributed by atoms with van der Waals surface area (Å²) in [6.07, 6.45) is 4.66. The van der Waals surface area contributed by atoms with Crippen molar-refractivity contribution in [3.63, 3.8) is 0 Å². The average Bonchev–Trinajstić information content (AvgIpc) is 3.29. The number of benzene rings is 2. The van der Waals surface area contributed by atoms with E-state index in [-0.39, 0.29) is 17.3 Å². The van der Waals surface area contributed by atoms with Crippen molar-refractivity contribution in [3.05, 3.63) is 60.0 Å². The normalized spacial score (nSPS) is 19.9. The largest absolute Gasteiger partial charge is 0.497 e. The average molecular weight is 467 g/mol. The first-order chi connectivity index (χ1) is 16.5. The minimum atomic E-state index is -0.256. The summed E-state index contributed by atoms with van der Waals surface area (Å²) in [5.74, 6) is 1.77. The molecule has 2 aromatic carbocycles. The molecule has 2 aliphatic rings. The van der Waals surface area contributed by atoms with Crippen LogP contribution in [0.25, 0.3) is 10.9 Å². The van der Waals surface area contributed by atoms with Crippen molar-refractivity contribution in [2.75, 3.05) is 33.4 Å². The van der Waals surface area contributed by atoms with Gasteiger partial charge in [0.2, 0.25) is 0 Å². The molecule has 0 aliphatic carbocycles. The van der Waals surface area contributed by atoms with Crippen molar-refractivity contribution in [2.45, 2.75) is 37.7 Å². The van der Waals surface area contributed by atoms with Gasteiger partial charge in [-0.15, -0.1) is 0 Å². The van der Waals surface area contributed by atoms with Crippen LogP contribution in [0.5, 0.6) is 11.5 Å². The lowest BCUT2D eigenvalue weighted by Crippen LogP contribution is -2.51. The first-order valence-corrected chi connectivity index (χ1v) is 12.0. The summed E-state index contributed by atoms with van der Waals surface area (Å²) >= 11 is 0. The van der Waals surface area contributed by atoms with Crippen molar-refractivity contribution in [3.8, 4) is 11.5 Å². The first kappa shape index (κ1) is 22.7. The number of piperidine rings is 1. The van der Waals surface area contributed by atoms with Gasteiger partial charge in [0, 0.05) is 36.7 Å². The number of methoxy groups -OCH3 is 1. The number of H-pyrrole nitrogens is 1. The van der Waals surface area contributed by atoms with Gasteiger partial charge < -0.3 is 24.1 Å². The lowest BCUT2D eigenvalue weighted by Gasteiger charge is -2.46. The summed E-state index contributed by atoms with van der Waals surface area (Å²) in [5.41, 5.74) is 1.36. The number of halogens is 1. The van der Waals surface area contributed by atoms with E-state index in [4.69, 9.17) is 14.2 Å². The summed E-state index contributed by atoms with van der Waals surface area (Å²) in [4.78, 5) is 18.3. The number of rotatable bonds is 6. The molecular weight excluding hydrogens is 435 g/mol. The van der Waals surface area contributed by atoms with Gasteiger partial charge in [0.15, 0.2) is 0 Å². The smallest absolute Gasteiger partial charge is 0.270 e. The van der Waals surface area contributed by atoms with Crippen LogP contribution in [0.3, 0.4) is 0 Å². The molecule has 1 atom stereocenters. The van der Waals surface area contributed by atoms with Gasteiger partial charge >= 0.3 is 0 Å². The Labute approximate surface area is 199 Å². The number of amides is 1. The molecule has 0 bridgehead atoms. The van der Waals surface area contributed by atoms with Gasteiger partial charge in [0.25, 0.3) is 5.91 Å². The summed E-state index contributed by atoms with van der Waals surface area (Å²) in [6, 6.07) is 13.8. The number of likely N-dealkylation sites (tertiary alicyclic amines) is 1. The van der Waals surface area contributed by atoms with Crippen LogP contribution in [0.2, 0.25) is 0 Å². The Kier molecular flexibility index (Phi) is 6.46. The van der Waals surface area contributed by atoms with E-state index in [0.29, 0.717) is 37.1 Å². The molecular formula is C27H31FN2O4. The monoisotopic (exact) mass is 466 g/mol. The number of nitrogens with zero attached hydrogens (tertiary/aromatic N) is 1. The van der Waals surface area contributed by atoms with Gasteiger partial charge in [-0.2, -0.15) is 0 Å². The number of fused-ring (bicyclic) bond motifs is 1. The second-order valence-electron chi connectivity index (χ2n) is 9.41. The van der Waals surface area contributed by atoms with E-state index in [0.717, 1.165) is 55.4 Å². The number of carbonyl (C=O) groups is 1. The molecule has 1 N–H and O–H groups in total. The quantitative estimate of drug-likeness (QED) is 0.543. The molecule has 0 saturated carbocycles. The van der Waals surface area contributed by atoms with Gasteiger partial charge in [0.05, 0.1) is 19.3 Å².